The third-order valence-corrected chi connectivity index (χ3v) is 7.61. The molecule has 0 heterocycles. The zero-order valence-electron chi connectivity index (χ0n) is 15.2. The molecule has 3 rings (SSSR count). The van der Waals surface area contributed by atoms with Gasteiger partial charge in [-0.25, -0.2) is 12.8 Å². The van der Waals surface area contributed by atoms with Gasteiger partial charge in [-0.05, 0) is 55.4 Å². The smallest absolute Gasteiger partial charge is 0.243 e. The molecule has 1 amide bonds. The van der Waals surface area contributed by atoms with Gasteiger partial charge >= 0.3 is 0 Å². The van der Waals surface area contributed by atoms with Gasteiger partial charge in [0.2, 0.25) is 15.9 Å². The van der Waals surface area contributed by atoms with E-state index in [0.29, 0.717) is 5.92 Å². The Kier molecular flexibility index (Phi) is 5.97. The maximum Gasteiger partial charge on any atom is 0.243 e. The van der Waals surface area contributed by atoms with Crippen molar-refractivity contribution in [1.29, 1.82) is 0 Å². The van der Waals surface area contributed by atoms with E-state index in [1.807, 2.05) is 0 Å². The number of benzene rings is 1. The van der Waals surface area contributed by atoms with Crippen molar-refractivity contribution in [1.82, 2.24) is 9.62 Å². The number of carbonyl (C=O) groups excluding carboxylic acids is 1. The molecule has 2 saturated carbocycles. The van der Waals surface area contributed by atoms with E-state index in [1.165, 1.54) is 44.9 Å². The molecule has 3 atom stereocenters. The van der Waals surface area contributed by atoms with Crippen molar-refractivity contribution in [3.63, 3.8) is 0 Å². The minimum Gasteiger partial charge on any atom is -0.352 e. The summed E-state index contributed by atoms with van der Waals surface area (Å²) in [5.74, 6) is 0.724. The molecule has 0 radical (unpaired) electrons. The highest BCUT2D eigenvalue weighted by Crippen LogP contribution is 2.40. The highest BCUT2D eigenvalue weighted by Gasteiger charge is 2.33. The quantitative estimate of drug-likeness (QED) is 0.851. The van der Waals surface area contributed by atoms with Gasteiger partial charge < -0.3 is 5.32 Å². The van der Waals surface area contributed by atoms with Crippen molar-refractivity contribution >= 4 is 15.9 Å². The number of fused-ring (bicyclic) bond motifs is 1. The third kappa shape index (κ3) is 4.43. The monoisotopic (exact) mass is 382 g/mol. The fourth-order valence-electron chi connectivity index (χ4n) is 4.35. The predicted octanol–water partition coefficient (Wildman–Crippen LogP) is 2.92. The van der Waals surface area contributed by atoms with E-state index < -0.39 is 15.8 Å². The van der Waals surface area contributed by atoms with Gasteiger partial charge in [0.1, 0.15) is 5.82 Å². The molecule has 144 valence electrons. The Bertz CT molecular complexity index is 736. The predicted molar refractivity (Wildman–Crippen MR) is 97.4 cm³/mol. The Labute approximate surface area is 155 Å². The lowest BCUT2D eigenvalue weighted by Gasteiger charge is -2.39. The van der Waals surface area contributed by atoms with Crippen LogP contribution in [0.3, 0.4) is 0 Å². The second-order valence-corrected chi connectivity index (χ2v) is 9.64. The minimum atomic E-state index is -3.80. The molecule has 26 heavy (non-hydrogen) atoms. The number of likely N-dealkylation sites (N-methyl/N-ethyl adjacent to an activating group) is 1. The molecule has 0 spiro atoms. The lowest BCUT2D eigenvalue weighted by molar-refractivity contribution is -0.122. The van der Waals surface area contributed by atoms with Gasteiger partial charge in [0.15, 0.2) is 0 Å². The van der Waals surface area contributed by atoms with Crippen LogP contribution in [-0.2, 0) is 14.8 Å². The second kappa shape index (κ2) is 8.05. The van der Waals surface area contributed by atoms with E-state index in [0.717, 1.165) is 41.6 Å². The SMILES string of the molecule is CN(CC(=O)NC1CCC2CCCCC2C1)S(=O)(=O)c1ccc(F)cc1. The van der Waals surface area contributed by atoms with E-state index in [2.05, 4.69) is 5.32 Å². The van der Waals surface area contributed by atoms with Crippen LogP contribution in [0.4, 0.5) is 4.39 Å². The van der Waals surface area contributed by atoms with Gasteiger partial charge in [0.05, 0.1) is 11.4 Å². The molecule has 0 bridgehead atoms. The molecule has 5 nitrogen and oxygen atoms in total. The van der Waals surface area contributed by atoms with Crippen molar-refractivity contribution in [2.24, 2.45) is 11.8 Å². The Morgan fingerprint density at radius 3 is 2.46 bits per heavy atom. The molecule has 0 aliphatic heterocycles. The number of halogens is 1. The molecule has 2 aliphatic carbocycles. The molecule has 2 aliphatic rings. The zero-order chi connectivity index (χ0) is 18.7. The zero-order valence-corrected chi connectivity index (χ0v) is 16.0. The van der Waals surface area contributed by atoms with Crippen LogP contribution in [0.2, 0.25) is 0 Å². The normalized spacial score (nSPS) is 26.3. The molecule has 1 aromatic carbocycles. The van der Waals surface area contributed by atoms with Crippen LogP contribution >= 0.6 is 0 Å². The van der Waals surface area contributed by atoms with E-state index in [-0.39, 0.29) is 23.4 Å². The van der Waals surface area contributed by atoms with Gasteiger partial charge in [-0.2, -0.15) is 4.31 Å². The molecule has 1 N–H and O–H groups in total. The first kappa shape index (κ1) is 19.3. The number of hydrogen-bond donors (Lipinski definition) is 1. The van der Waals surface area contributed by atoms with E-state index >= 15 is 0 Å². The van der Waals surface area contributed by atoms with Crippen molar-refractivity contribution in [2.45, 2.75) is 55.9 Å². The van der Waals surface area contributed by atoms with Crippen molar-refractivity contribution in [3.8, 4) is 0 Å². The topological polar surface area (TPSA) is 66.5 Å². The average molecular weight is 383 g/mol. The first-order chi connectivity index (χ1) is 12.4. The van der Waals surface area contributed by atoms with Crippen molar-refractivity contribution < 1.29 is 17.6 Å². The summed E-state index contributed by atoms with van der Waals surface area (Å²) < 4.78 is 39.0. The van der Waals surface area contributed by atoms with Crippen LogP contribution < -0.4 is 5.32 Å². The summed E-state index contributed by atoms with van der Waals surface area (Å²) in [7, 11) is -2.43. The molecule has 7 heteroatoms. The largest absolute Gasteiger partial charge is 0.352 e. The number of nitrogens with zero attached hydrogens (tertiary/aromatic N) is 1. The molecular weight excluding hydrogens is 355 g/mol. The van der Waals surface area contributed by atoms with Crippen LogP contribution in [0, 0.1) is 17.7 Å². The lowest BCUT2D eigenvalue weighted by Crippen LogP contribution is -2.45. The summed E-state index contributed by atoms with van der Waals surface area (Å²) in [4.78, 5) is 12.3. The fraction of sp³-hybridized carbons (Fsp3) is 0.632. The Morgan fingerprint density at radius 2 is 1.77 bits per heavy atom. The Morgan fingerprint density at radius 1 is 1.12 bits per heavy atom. The minimum absolute atomic E-state index is 0.0167. The lowest BCUT2D eigenvalue weighted by atomic mass is 9.69. The van der Waals surface area contributed by atoms with Crippen LogP contribution in [-0.4, -0.2) is 38.3 Å². The van der Waals surface area contributed by atoms with Gasteiger partial charge in [0.25, 0.3) is 0 Å². The maximum atomic E-state index is 13.0. The molecular formula is C19H27FN2O3S. The van der Waals surface area contributed by atoms with Gasteiger partial charge in [-0.3, -0.25) is 4.79 Å². The number of carbonyl (C=O) groups is 1. The van der Waals surface area contributed by atoms with Crippen LogP contribution in [0.5, 0.6) is 0 Å². The molecule has 2 fully saturated rings. The summed E-state index contributed by atoms with van der Waals surface area (Å²) >= 11 is 0. The third-order valence-electron chi connectivity index (χ3n) is 5.79. The number of rotatable bonds is 5. The fourth-order valence-corrected chi connectivity index (χ4v) is 5.48. The average Bonchev–Trinajstić information content (AvgIpc) is 2.61. The summed E-state index contributed by atoms with van der Waals surface area (Å²) in [5, 5.41) is 3.01. The number of amides is 1. The first-order valence-electron chi connectivity index (χ1n) is 9.37. The van der Waals surface area contributed by atoms with Crippen molar-refractivity contribution in [3.05, 3.63) is 30.1 Å². The van der Waals surface area contributed by atoms with Gasteiger partial charge in [-0.1, -0.05) is 25.7 Å². The van der Waals surface area contributed by atoms with Crippen LogP contribution in [0.25, 0.3) is 0 Å². The Balaban J connectivity index is 1.55. The number of sulfonamides is 1. The maximum absolute atomic E-state index is 13.0. The highest BCUT2D eigenvalue weighted by molar-refractivity contribution is 7.89. The van der Waals surface area contributed by atoms with E-state index in [4.69, 9.17) is 0 Å². The van der Waals surface area contributed by atoms with E-state index in [9.17, 15) is 17.6 Å². The molecule has 3 unspecified atom stereocenters. The standard InChI is InChI=1S/C19H27FN2O3S/c1-22(26(24,25)18-10-7-16(20)8-11-18)13-19(23)21-17-9-6-14-4-2-3-5-15(14)12-17/h7-8,10-11,14-15,17H,2-6,9,12-13H2,1H3,(H,21,23). The summed E-state index contributed by atoms with van der Waals surface area (Å²) in [6, 6.07) is 4.77. The molecule has 0 saturated heterocycles. The summed E-state index contributed by atoms with van der Waals surface area (Å²) in [5.41, 5.74) is 0. The van der Waals surface area contributed by atoms with Crippen LogP contribution in [0.15, 0.2) is 29.2 Å². The first-order valence-corrected chi connectivity index (χ1v) is 10.8. The van der Waals surface area contributed by atoms with Crippen LogP contribution in [0.1, 0.15) is 44.9 Å². The van der Waals surface area contributed by atoms with Crippen molar-refractivity contribution in [2.75, 3.05) is 13.6 Å². The summed E-state index contributed by atoms with van der Waals surface area (Å²) in [6.07, 6.45) is 8.29. The Hall–Kier alpha value is -1.47. The van der Waals surface area contributed by atoms with Gasteiger partial charge in [-0.15, -0.1) is 0 Å². The number of hydrogen-bond acceptors (Lipinski definition) is 3. The molecule has 1 aromatic rings. The van der Waals surface area contributed by atoms with E-state index in [1.54, 1.807) is 0 Å². The van der Waals surface area contributed by atoms with Gasteiger partial charge in [0, 0.05) is 13.1 Å². The highest BCUT2D eigenvalue weighted by atomic mass is 32.2. The molecule has 0 aromatic heterocycles. The number of nitrogens with one attached hydrogen (secondary N) is 1. The summed E-state index contributed by atoms with van der Waals surface area (Å²) in [6.45, 7) is -0.232. The second-order valence-electron chi connectivity index (χ2n) is 7.60.